The lowest BCUT2D eigenvalue weighted by Crippen LogP contribution is -2.34. The molecule has 1 aromatic carbocycles. The summed E-state index contributed by atoms with van der Waals surface area (Å²) in [6.07, 6.45) is 6.36. The smallest absolute Gasteiger partial charge is 0.308 e. The van der Waals surface area contributed by atoms with Crippen molar-refractivity contribution in [1.82, 2.24) is 4.90 Å². The number of carbonyl (C=O) groups is 2. The fraction of sp³-hybridized carbons (Fsp3) is 0.474. The molecule has 1 fully saturated rings. The predicted molar refractivity (Wildman–Crippen MR) is 89.9 cm³/mol. The van der Waals surface area contributed by atoms with Crippen LogP contribution >= 0.6 is 0 Å². The number of fused-ring (bicyclic) bond motifs is 1. The second kappa shape index (κ2) is 7.18. The summed E-state index contributed by atoms with van der Waals surface area (Å²) in [6, 6.07) is 7.49. The minimum Gasteiger partial charge on any atom is -0.460 e. The predicted octanol–water partition coefficient (Wildman–Crippen LogP) is 3.06. The zero-order valence-electron chi connectivity index (χ0n) is 14.1. The molecule has 1 amide bonds. The van der Waals surface area contributed by atoms with Crippen LogP contribution in [0.3, 0.4) is 0 Å². The summed E-state index contributed by atoms with van der Waals surface area (Å²) in [5, 5.41) is 0. The maximum atomic E-state index is 12.5. The summed E-state index contributed by atoms with van der Waals surface area (Å²) < 4.78 is 11.0. The Kier molecular flexibility index (Phi) is 5.00. The Balaban J connectivity index is 1.75. The molecule has 0 N–H and O–H groups in total. The molecule has 1 aromatic rings. The van der Waals surface area contributed by atoms with E-state index in [9.17, 15) is 9.59 Å². The van der Waals surface area contributed by atoms with Crippen LogP contribution in [0.4, 0.5) is 0 Å². The fourth-order valence-electron chi connectivity index (χ4n) is 3.58. The van der Waals surface area contributed by atoms with Crippen LogP contribution in [0.1, 0.15) is 49.8 Å². The van der Waals surface area contributed by atoms with Gasteiger partial charge in [0.25, 0.3) is 0 Å². The van der Waals surface area contributed by atoms with Crippen LogP contribution in [-0.2, 0) is 19.1 Å². The number of methoxy groups -OCH3 is 1. The van der Waals surface area contributed by atoms with Crippen molar-refractivity contribution < 1.29 is 19.1 Å². The number of ether oxygens (including phenoxy) is 2. The summed E-state index contributed by atoms with van der Waals surface area (Å²) in [6.45, 7) is 1.51. The number of esters is 1. The fourth-order valence-corrected chi connectivity index (χ4v) is 3.58. The van der Waals surface area contributed by atoms with E-state index in [0.29, 0.717) is 0 Å². The number of nitrogens with zero attached hydrogens (tertiary/aromatic N) is 1. The molecule has 0 saturated heterocycles. The van der Waals surface area contributed by atoms with Crippen LogP contribution in [0, 0.1) is 0 Å². The largest absolute Gasteiger partial charge is 0.460 e. The molecular weight excluding hydrogens is 306 g/mol. The molecule has 5 nitrogen and oxygen atoms in total. The molecule has 3 atom stereocenters. The first-order valence-corrected chi connectivity index (χ1v) is 8.38. The van der Waals surface area contributed by atoms with Gasteiger partial charge in [-0.05, 0) is 36.5 Å². The molecule has 1 heterocycles. The summed E-state index contributed by atoms with van der Waals surface area (Å²) >= 11 is 0. The van der Waals surface area contributed by atoms with Gasteiger partial charge in [-0.2, -0.15) is 0 Å². The Labute approximate surface area is 142 Å². The Morgan fingerprint density at radius 2 is 1.96 bits per heavy atom. The quantitative estimate of drug-likeness (QED) is 0.797. The Hall–Kier alpha value is -2.14. The molecular formula is C19H23NO4. The maximum absolute atomic E-state index is 12.5. The SMILES string of the molecule is CO[C@@H]1CCC[C@@H]1OC(=O)C[C@H]1c2ccccc2C=CN1C(C)=O. The van der Waals surface area contributed by atoms with E-state index in [1.54, 1.807) is 18.2 Å². The molecule has 1 saturated carbocycles. The van der Waals surface area contributed by atoms with E-state index in [1.165, 1.54) is 6.92 Å². The van der Waals surface area contributed by atoms with Crippen molar-refractivity contribution in [2.45, 2.75) is 50.9 Å². The lowest BCUT2D eigenvalue weighted by Gasteiger charge is -2.32. The van der Waals surface area contributed by atoms with E-state index in [1.807, 2.05) is 30.3 Å². The molecule has 2 aliphatic rings. The third-order valence-electron chi connectivity index (χ3n) is 4.81. The lowest BCUT2D eigenvalue weighted by molar-refractivity contribution is -0.156. The third-order valence-corrected chi connectivity index (χ3v) is 4.81. The highest BCUT2D eigenvalue weighted by molar-refractivity contribution is 5.80. The molecule has 0 aromatic heterocycles. The third kappa shape index (κ3) is 3.36. The second-order valence-corrected chi connectivity index (χ2v) is 6.32. The normalized spacial score (nSPS) is 25.4. The summed E-state index contributed by atoms with van der Waals surface area (Å²) in [5.74, 6) is -0.375. The van der Waals surface area contributed by atoms with E-state index in [4.69, 9.17) is 9.47 Å². The van der Waals surface area contributed by atoms with Crippen molar-refractivity contribution in [2.24, 2.45) is 0 Å². The number of benzene rings is 1. The van der Waals surface area contributed by atoms with Crippen molar-refractivity contribution in [2.75, 3.05) is 7.11 Å². The molecule has 0 unspecified atom stereocenters. The van der Waals surface area contributed by atoms with Gasteiger partial charge in [-0.3, -0.25) is 9.59 Å². The van der Waals surface area contributed by atoms with E-state index in [-0.39, 0.29) is 36.5 Å². The van der Waals surface area contributed by atoms with Gasteiger partial charge in [-0.25, -0.2) is 0 Å². The molecule has 24 heavy (non-hydrogen) atoms. The van der Waals surface area contributed by atoms with Gasteiger partial charge in [-0.1, -0.05) is 24.3 Å². The monoisotopic (exact) mass is 329 g/mol. The van der Waals surface area contributed by atoms with Crippen LogP contribution in [0.15, 0.2) is 30.5 Å². The zero-order chi connectivity index (χ0) is 17.1. The Morgan fingerprint density at radius 1 is 1.21 bits per heavy atom. The molecule has 1 aliphatic carbocycles. The lowest BCUT2D eigenvalue weighted by atomic mass is 9.94. The van der Waals surface area contributed by atoms with Gasteiger partial charge in [0.15, 0.2) is 0 Å². The highest BCUT2D eigenvalue weighted by Crippen LogP contribution is 2.34. The number of hydrogen-bond donors (Lipinski definition) is 0. The number of rotatable bonds is 4. The highest BCUT2D eigenvalue weighted by atomic mass is 16.6. The van der Waals surface area contributed by atoms with Gasteiger partial charge in [0.2, 0.25) is 5.91 Å². The first-order valence-electron chi connectivity index (χ1n) is 8.38. The molecule has 1 aliphatic heterocycles. The average molecular weight is 329 g/mol. The molecule has 0 radical (unpaired) electrons. The van der Waals surface area contributed by atoms with Crippen LogP contribution < -0.4 is 0 Å². The first-order chi connectivity index (χ1) is 11.6. The minimum absolute atomic E-state index is 0.0172. The van der Waals surface area contributed by atoms with Crippen LogP contribution in [-0.4, -0.2) is 36.1 Å². The first kappa shape index (κ1) is 16.7. The highest BCUT2D eigenvalue weighted by Gasteiger charge is 2.33. The van der Waals surface area contributed by atoms with E-state index < -0.39 is 0 Å². The number of carbonyl (C=O) groups excluding carboxylic acids is 2. The number of hydrogen-bond acceptors (Lipinski definition) is 4. The summed E-state index contributed by atoms with van der Waals surface area (Å²) in [4.78, 5) is 26.0. The summed E-state index contributed by atoms with van der Waals surface area (Å²) in [7, 11) is 1.65. The topological polar surface area (TPSA) is 55.8 Å². The Bertz CT molecular complexity index is 655. The second-order valence-electron chi connectivity index (χ2n) is 6.32. The molecule has 0 spiro atoms. The molecule has 128 valence electrons. The van der Waals surface area contributed by atoms with Crippen LogP contribution in [0.5, 0.6) is 0 Å². The van der Waals surface area contributed by atoms with Gasteiger partial charge in [0.1, 0.15) is 6.10 Å². The van der Waals surface area contributed by atoms with Gasteiger partial charge in [-0.15, -0.1) is 0 Å². The Morgan fingerprint density at radius 3 is 2.71 bits per heavy atom. The summed E-state index contributed by atoms with van der Waals surface area (Å²) in [5.41, 5.74) is 2.00. The number of amides is 1. The average Bonchev–Trinajstić information content (AvgIpc) is 3.01. The minimum atomic E-state index is -0.321. The van der Waals surface area contributed by atoms with Gasteiger partial charge < -0.3 is 14.4 Å². The van der Waals surface area contributed by atoms with Crippen molar-refractivity contribution in [3.8, 4) is 0 Å². The maximum Gasteiger partial charge on any atom is 0.308 e. The molecule has 3 rings (SSSR count). The van der Waals surface area contributed by atoms with Gasteiger partial charge in [0, 0.05) is 20.2 Å². The van der Waals surface area contributed by atoms with Crippen molar-refractivity contribution >= 4 is 18.0 Å². The van der Waals surface area contributed by atoms with Crippen molar-refractivity contribution in [3.63, 3.8) is 0 Å². The van der Waals surface area contributed by atoms with Crippen molar-refractivity contribution in [3.05, 3.63) is 41.6 Å². The van der Waals surface area contributed by atoms with Gasteiger partial charge >= 0.3 is 5.97 Å². The van der Waals surface area contributed by atoms with E-state index in [0.717, 1.165) is 30.4 Å². The zero-order valence-corrected chi connectivity index (χ0v) is 14.1. The molecule has 0 bridgehead atoms. The van der Waals surface area contributed by atoms with Crippen LogP contribution in [0.2, 0.25) is 0 Å². The molecule has 5 heteroatoms. The van der Waals surface area contributed by atoms with Crippen LogP contribution in [0.25, 0.3) is 6.08 Å². The van der Waals surface area contributed by atoms with Crippen molar-refractivity contribution in [1.29, 1.82) is 0 Å². The van der Waals surface area contributed by atoms with E-state index in [2.05, 4.69) is 0 Å². The van der Waals surface area contributed by atoms with Gasteiger partial charge in [0.05, 0.1) is 18.6 Å². The standard InChI is InChI=1S/C19H23NO4/c1-13(21)20-11-10-14-6-3-4-7-15(14)16(20)12-19(22)24-18-9-5-8-17(18)23-2/h3-4,6-7,10-11,16-18H,5,8-9,12H2,1-2H3/t16-,17+,18-/m0/s1. The van der Waals surface area contributed by atoms with E-state index >= 15 is 0 Å².